The molecule has 0 radical (unpaired) electrons. The van der Waals surface area contributed by atoms with Crippen molar-refractivity contribution in [3.8, 4) is 0 Å². The Balaban J connectivity index is 1.58. The standard InChI is InChI=1S/C19H24N2O3/c1-20-11-16(13-5-3-2-4-6-13)19(18(20)24)7-8-21(12-19)17(23)14-9-15(22)10-14/h2-6,14-16,22H,7-12H2,1H3/t14?,15?,16-,19+/m1/s1. The summed E-state index contributed by atoms with van der Waals surface area (Å²) in [6, 6.07) is 10.2. The van der Waals surface area contributed by atoms with Gasteiger partial charge in [-0.3, -0.25) is 9.59 Å². The average Bonchev–Trinajstić information content (AvgIpc) is 3.11. The number of carbonyl (C=O) groups excluding carboxylic acids is 2. The van der Waals surface area contributed by atoms with Crippen LogP contribution in [0, 0.1) is 11.3 Å². The molecule has 3 fully saturated rings. The van der Waals surface area contributed by atoms with Crippen molar-refractivity contribution in [2.45, 2.75) is 31.3 Å². The Labute approximate surface area is 142 Å². The highest BCUT2D eigenvalue weighted by Crippen LogP contribution is 2.50. The van der Waals surface area contributed by atoms with E-state index in [0.717, 1.165) is 6.42 Å². The number of nitrogens with zero attached hydrogens (tertiary/aromatic N) is 2. The van der Waals surface area contributed by atoms with Gasteiger partial charge < -0.3 is 14.9 Å². The van der Waals surface area contributed by atoms with Gasteiger partial charge in [-0.15, -0.1) is 0 Å². The normalized spacial score (nSPS) is 35.6. The number of rotatable bonds is 2. The van der Waals surface area contributed by atoms with Crippen molar-refractivity contribution in [3.05, 3.63) is 35.9 Å². The Bertz CT molecular complexity index is 656. The van der Waals surface area contributed by atoms with E-state index in [1.165, 1.54) is 5.56 Å². The zero-order valence-corrected chi connectivity index (χ0v) is 14.0. The lowest BCUT2D eigenvalue weighted by molar-refractivity contribution is -0.142. The van der Waals surface area contributed by atoms with Gasteiger partial charge in [0.05, 0.1) is 11.5 Å². The first-order chi connectivity index (χ1) is 11.5. The van der Waals surface area contributed by atoms with Crippen LogP contribution in [0.3, 0.4) is 0 Å². The van der Waals surface area contributed by atoms with Crippen LogP contribution in [0.15, 0.2) is 30.3 Å². The van der Waals surface area contributed by atoms with Crippen molar-refractivity contribution < 1.29 is 14.7 Å². The Morgan fingerprint density at radius 1 is 1.25 bits per heavy atom. The van der Waals surface area contributed by atoms with Crippen molar-refractivity contribution in [3.63, 3.8) is 0 Å². The van der Waals surface area contributed by atoms with E-state index in [2.05, 4.69) is 12.1 Å². The zero-order chi connectivity index (χ0) is 16.9. The lowest BCUT2D eigenvalue weighted by Gasteiger charge is -2.34. The van der Waals surface area contributed by atoms with Gasteiger partial charge in [0.1, 0.15) is 0 Å². The second-order valence-electron chi connectivity index (χ2n) is 7.64. The summed E-state index contributed by atoms with van der Waals surface area (Å²) in [5.41, 5.74) is 0.706. The van der Waals surface area contributed by atoms with Crippen LogP contribution in [0.1, 0.15) is 30.7 Å². The number of likely N-dealkylation sites (tertiary alicyclic amines) is 2. The SMILES string of the molecule is CN1C[C@H](c2ccccc2)[C@@]2(CCN(C(=O)C3CC(O)C3)C2)C1=O. The van der Waals surface area contributed by atoms with E-state index in [9.17, 15) is 14.7 Å². The first kappa shape index (κ1) is 15.6. The number of amides is 2. The third-order valence-electron chi connectivity index (χ3n) is 6.17. The topological polar surface area (TPSA) is 60.9 Å². The number of hydrogen-bond donors (Lipinski definition) is 1. The van der Waals surface area contributed by atoms with Crippen LogP contribution in [0.5, 0.6) is 0 Å². The molecule has 1 N–H and O–H groups in total. The second kappa shape index (κ2) is 5.59. The van der Waals surface area contributed by atoms with Crippen LogP contribution >= 0.6 is 0 Å². The van der Waals surface area contributed by atoms with Crippen molar-refractivity contribution in [1.82, 2.24) is 9.80 Å². The van der Waals surface area contributed by atoms with E-state index >= 15 is 0 Å². The number of hydrogen-bond acceptors (Lipinski definition) is 3. The average molecular weight is 328 g/mol. The van der Waals surface area contributed by atoms with Gasteiger partial charge in [-0.2, -0.15) is 0 Å². The molecule has 128 valence electrons. The molecule has 0 aromatic heterocycles. The number of aliphatic hydroxyl groups is 1. The molecule has 5 heteroatoms. The third kappa shape index (κ3) is 2.25. The van der Waals surface area contributed by atoms with E-state index in [1.807, 2.05) is 35.0 Å². The molecular formula is C19H24N2O3. The Hall–Kier alpha value is -1.88. The van der Waals surface area contributed by atoms with Gasteiger partial charge in [-0.25, -0.2) is 0 Å². The first-order valence-corrected chi connectivity index (χ1v) is 8.78. The van der Waals surface area contributed by atoms with Crippen molar-refractivity contribution >= 4 is 11.8 Å². The maximum atomic E-state index is 12.9. The summed E-state index contributed by atoms with van der Waals surface area (Å²) in [5.74, 6) is 0.368. The molecule has 3 aliphatic rings. The van der Waals surface area contributed by atoms with Crippen LogP contribution in [0.25, 0.3) is 0 Å². The third-order valence-corrected chi connectivity index (χ3v) is 6.17. The molecule has 1 spiro atoms. The summed E-state index contributed by atoms with van der Waals surface area (Å²) in [7, 11) is 1.86. The lowest BCUT2D eigenvalue weighted by Crippen LogP contribution is -2.45. The predicted octanol–water partition coefficient (Wildman–Crippen LogP) is 1.23. The molecule has 4 rings (SSSR count). The fourth-order valence-electron chi connectivity index (χ4n) is 4.70. The van der Waals surface area contributed by atoms with Gasteiger partial charge in [-0.1, -0.05) is 30.3 Å². The highest BCUT2D eigenvalue weighted by atomic mass is 16.3. The Morgan fingerprint density at radius 3 is 2.62 bits per heavy atom. The monoisotopic (exact) mass is 328 g/mol. The molecule has 2 aliphatic heterocycles. The fraction of sp³-hybridized carbons (Fsp3) is 0.579. The van der Waals surface area contributed by atoms with E-state index in [1.54, 1.807) is 0 Å². The van der Waals surface area contributed by atoms with Crippen LogP contribution in [-0.2, 0) is 9.59 Å². The van der Waals surface area contributed by atoms with Crippen LogP contribution in [0.2, 0.25) is 0 Å². The molecule has 2 heterocycles. The smallest absolute Gasteiger partial charge is 0.231 e. The molecular weight excluding hydrogens is 304 g/mol. The van der Waals surface area contributed by atoms with Gasteiger partial charge in [0.25, 0.3) is 0 Å². The molecule has 24 heavy (non-hydrogen) atoms. The fourth-order valence-corrected chi connectivity index (χ4v) is 4.70. The van der Waals surface area contributed by atoms with Crippen LogP contribution in [0.4, 0.5) is 0 Å². The van der Waals surface area contributed by atoms with Crippen LogP contribution in [-0.4, -0.2) is 59.5 Å². The molecule has 1 aliphatic carbocycles. The van der Waals surface area contributed by atoms with E-state index < -0.39 is 5.41 Å². The minimum absolute atomic E-state index is 0.0560. The van der Waals surface area contributed by atoms with Gasteiger partial charge in [0, 0.05) is 38.5 Å². The number of benzene rings is 1. The van der Waals surface area contributed by atoms with Crippen molar-refractivity contribution in [2.75, 3.05) is 26.7 Å². The van der Waals surface area contributed by atoms with Gasteiger partial charge in [0.15, 0.2) is 0 Å². The van der Waals surface area contributed by atoms with Gasteiger partial charge >= 0.3 is 0 Å². The predicted molar refractivity (Wildman–Crippen MR) is 89.2 cm³/mol. The second-order valence-corrected chi connectivity index (χ2v) is 7.64. The summed E-state index contributed by atoms with van der Waals surface area (Å²) in [4.78, 5) is 29.3. The van der Waals surface area contributed by atoms with Crippen molar-refractivity contribution in [2.24, 2.45) is 11.3 Å². The quantitative estimate of drug-likeness (QED) is 0.888. The van der Waals surface area contributed by atoms with E-state index in [4.69, 9.17) is 0 Å². The Kier molecular flexibility index (Phi) is 3.64. The van der Waals surface area contributed by atoms with E-state index in [0.29, 0.717) is 32.5 Å². The maximum Gasteiger partial charge on any atom is 0.231 e. The summed E-state index contributed by atoms with van der Waals surface area (Å²) in [6.45, 7) is 1.88. The minimum atomic E-state index is -0.478. The minimum Gasteiger partial charge on any atom is -0.393 e. The molecule has 1 aromatic rings. The first-order valence-electron chi connectivity index (χ1n) is 8.78. The number of aliphatic hydroxyl groups excluding tert-OH is 1. The molecule has 0 bridgehead atoms. The largest absolute Gasteiger partial charge is 0.393 e. The molecule has 1 saturated carbocycles. The van der Waals surface area contributed by atoms with Gasteiger partial charge in [-0.05, 0) is 24.8 Å². The van der Waals surface area contributed by atoms with Gasteiger partial charge in [0.2, 0.25) is 11.8 Å². The molecule has 1 aromatic carbocycles. The summed E-state index contributed by atoms with van der Waals surface area (Å²) < 4.78 is 0. The highest BCUT2D eigenvalue weighted by molar-refractivity contribution is 5.89. The zero-order valence-electron chi connectivity index (χ0n) is 14.0. The van der Waals surface area contributed by atoms with Crippen LogP contribution < -0.4 is 0 Å². The molecule has 2 amide bonds. The highest BCUT2D eigenvalue weighted by Gasteiger charge is 2.57. The molecule has 0 unspecified atom stereocenters. The lowest BCUT2D eigenvalue weighted by atomic mass is 9.73. The van der Waals surface area contributed by atoms with Crippen molar-refractivity contribution in [1.29, 1.82) is 0 Å². The Morgan fingerprint density at radius 2 is 1.96 bits per heavy atom. The number of carbonyl (C=O) groups is 2. The molecule has 5 nitrogen and oxygen atoms in total. The maximum absolute atomic E-state index is 12.9. The summed E-state index contributed by atoms with van der Waals surface area (Å²) >= 11 is 0. The summed E-state index contributed by atoms with van der Waals surface area (Å²) in [5, 5.41) is 9.45. The van der Waals surface area contributed by atoms with E-state index in [-0.39, 0.29) is 29.8 Å². The summed E-state index contributed by atoms with van der Waals surface area (Å²) in [6.07, 6.45) is 1.54. The molecule has 2 saturated heterocycles. The molecule has 2 atom stereocenters. The number of likely N-dealkylation sites (N-methyl/N-ethyl adjacent to an activating group) is 1.